The molecule has 7 heteroatoms. The summed E-state index contributed by atoms with van der Waals surface area (Å²) in [5.74, 6) is 1.09. The van der Waals surface area contributed by atoms with E-state index in [0.717, 1.165) is 33.6 Å². The molecule has 4 rings (SSSR count). The molecule has 1 aliphatic rings. The summed E-state index contributed by atoms with van der Waals surface area (Å²) in [4.78, 5) is 13.5. The number of fused-ring (bicyclic) bond motifs is 1. The van der Waals surface area contributed by atoms with E-state index in [0.29, 0.717) is 31.1 Å². The van der Waals surface area contributed by atoms with Crippen LogP contribution in [0.15, 0.2) is 47.7 Å². The molecule has 3 heterocycles. The first-order valence-electron chi connectivity index (χ1n) is 9.90. The van der Waals surface area contributed by atoms with E-state index in [4.69, 9.17) is 4.74 Å². The molecule has 0 saturated carbocycles. The monoisotopic (exact) mass is 405 g/mol. The summed E-state index contributed by atoms with van der Waals surface area (Å²) < 4.78 is 22.0. The normalized spacial score (nSPS) is 13.5. The fourth-order valence-corrected chi connectivity index (χ4v) is 3.76. The van der Waals surface area contributed by atoms with E-state index >= 15 is 0 Å². The Morgan fingerprint density at radius 1 is 1.27 bits per heavy atom. The van der Waals surface area contributed by atoms with Gasteiger partial charge in [-0.2, -0.15) is 0 Å². The highest BCUT2D eigenvalue weighted by atomic mass is 19.1. The highest BCUT2D eigenvalue weighted by molar-refractivity contribution is 5.65. The second kappa shape index (κ2) is 8.49. The number of allylic oxidation sites excluding steroid dienone is 1. The highest BCUT2D eigenvalue weighted by Gasteiger charge is 2.20. The predicted octanol–water partition coefficient (Wildman–Crippen LogP) is 3.96. The number of anilines is 1. The van der Waals surface area contributed by atoms with Crippen LogP contribution in [0.1, 0.15) is 23.7 Å². The number of ether oxygens (including phenoxy) is 1. The van der Waals surface area contributed by atoms with Crippen molar-refractivity contribution in [3.05, 3.63) is 70.9 Å². The summed E-state index contributed by atoms with van der Waals surface area (Å²) >= 11 is 0. The molecule has 2 aromatic heterocycles. The molecule has 30 heavy (non-hydrogen) atoms. The minimum Gasteiger partial charge on any atom is -0.493 e. The fourth-order valence-electron chi connectivity index (χ4n) is 3.76. The lowest BCUT2D eigenvalue weighted by molar-refractivity contribution is 0.356. The Hall–Kier alpha value is -3.48. The molecule has 0 bridgehead atoms. The average Bonchev–Trinajstić information content (AvgIpc) is 3.23. The van der Waals surface area contributed by atoms with E-state index in [2.05, 4.69) is 20.3 Å². The summed E-state index contributed by atoms with van der Waals surface area (Å²) in [6.07, 6.45) is 8.06. The fraction of sp³-hybridized carbons (Fsp3) is 0.261. The summed E-state index contributed by atoms with van der Waals surface area (Å²) in [5.41, 5.74) is 5.03. The number of rotatable bonds is 5. The topological polar surface area (TPSA) is 64.3 Å². The van der Waals surface area contributed by atoms with Gasteiger partial charge in [-0.05, 0) is 32.0 Å². The van der Waals surface area contributed by atoms with Crippen molar-refractivity contribution >= 4 is 12.1 Å². The molecule has 154 valence electrons. The minimum absolute atomic E-state index is 0.243. The van der Waals surface area contributed by atoms with E-state index in [-0.39, 0.29) is 5.82 Å². The Balaban J connectivity index is 1.75. The number of hydrogen-bond acceptors (Lipinski definition) is 5. The molecule has 0 aliphatic carbocycles. The van der Waals surface area contributed by atoms with Gasteiger partial charge in [-0.3, -0.25) is 14.5 Å². The molecule has 0 amide bonds. The largest absolute Gasteiger partial charge is 0.493 e. The zero-order valence-electron chi connectivity index (χ0n) is 17.3. The number of benzene rings is 1. The van der Waals surface area contributed by atoms with E-state index in [1.54, 1.807) is 25.5 Å². The van der Waals surface area contributed by atoms with Crippen molar-refractivity contribution < 1.29 is 9.13 Å². The molecule has 0 radical (unpaired) electrons. The van der Waals surface area contributed by atoms with Gasteiger partial charge in [0.2, 0.25) is 5.95 Å². The summed E-state index contributed by atoms with van der Waals surface area (Å²) in [7, 11) is 1.75. The van der Waals surface area contributed by atoms with Crippen LogP contribution in [-0.2, 0) is 13.0 Å². The number of pyridine rings is 1. The maximum atomic E-state index is 14.5. The number of halogens is 1. The maximum Gasteiger partial charge on any atom is 0.208 e. The van der Waals surface area contributed by atoms with Crippen LogP contribution in [0, 0.1) is 12.7 Å². The van der Waals surface area contributed by atoms with Crippen LogP contribution in [0.2, 0.25) is 0 Å². The molecular weight excluding hydrogens is 381 g/mol. The van der Waals surface area contributed by atoms with Gasteiger partial charge < -0.3 is 10.1 Å². The third-order valence-electron chi connectivity index (χ3n) is 5.18. The van der Waals surface area contributed by atoms with Crippen LogP contribution in [0.5, 0.6) is 5.75 Å². The predicted molar refractivity (Wildman–Crippen MR) is 116 cm³/mol. The van der Waals surface area contributed by atoms with Crippen molar-refractivity contribution in [3.8, 4) is 16.9 Å². The van der Waals surface area contributed by atoms with Gasteiger partial charge >= 0.3 is 0 Å². The second-order valence-corrected chi connectivity index (χ2v) is 6.99. The SMILES string of the molecule is C/C=C\n1c(NCc2c(F)ccc3c2CCO3)ncc(-c2cccnc2C)/c1=N/C. The van der Waals surface area contributed by atoms with Gasteiger partial charge in [-0.1, -0.05) is 12.1 Å². The molecule has 1 aliphatic heterocycles. The molecule has 1 aromatic carbocycles. The standard InChI is InChI=1S/C23H24FN5O/c1-4-11-29-22(25-3)19(16-6-5-10-26-15(16)2)14-28-23(29)27-13-18-17-9-12-30-21(17)8-7-20(18)24/h4-8,10-11,14H,9,12-13H2,1-3H3,(H,27,28)/b11-4-,25-22-. The van der Waals surface area contributed by atoms with Crippen molar-refractivity contribution in [2.45, 2.75) is 26.8 Å². The zero-order valence-corrected chi connectivity index (χ0v) is 17.3. The Morgan fingerprint density at radius 2 is 2.13 bits per heavy atom. The summed E-state index contributed by atoms with van der Waals surface area (Å²) in [5, 5.41) is 3.28. The molecule has 0 saturated heterocycles. The van der Waals surface area contributed by atoms with Gasteiger partial charge in [0.15, 0.2) is 0 Å². The van der Waals surface area contributed by atoms with Gasteiger partial charge in [0.25, 0.3) is 0 Å². The van der Waals surface area contributed by atoms with E-state index in [1.165, 1.54) is 6.07 Å². The second-order valence-electron chi connectivity index (χ2n) is 6.99. The van der Waals surface area contributed by atoms with Gasteiger partial charge in [0, 0.05) is 66.6 Å². The highest BCUT2D eigenvalue weighted by Crippen LogP contribution is 2.30. The first-order chi connectivity index (χ1) is 14.6. The zero-order chi connectivity index (χ0) is 21.1. The van der Waals surface area contributed by atoms with Crippen molar-refractivity contribution in [1.82, 2.24) is 14.5 Å². The molecule has 0 unspecified atom stereocenters. The Kier molecular flexibility index (Phi) is 5.61. The lowest BCUT2D eigenvalue weighted by Gasteiger charge is -2.16. The number of hydrogen-bond donors (Lipinski definition) is 1. The van der Waals surface area contributed by atoms with Gasteiger partial charge in [0.1, 0.15) is 17.1 Å². The number of nitrogens with one attached hydrogen (secondary N) is 1. The van der Waals surface area contributed by atoms with E-state index < -0.39 is 0 Å². The lowest BCUT2D eigenvalue weighted by Crippen LogP contribution is -2.24. The van der Waals surface area contributed by atoms with Crippen molar-refractivity contribution in [1.29, 1.82) is 0 Å². The number of nitrogens with zero attached hydrogens (tertiary/aromatic N) is 4. The van der Waals surface area contributed by atoms with Gasteiger partial charge in [0.05, 0.1) is 6.61 Å². The molecular formula is C23H24FN5O. The van der Waals surface area contributed by atoms with Crippen molar-refractivity contribution in [2.75, 3.05) is 19.0 Å². The van der Waals surface area contributed by atoms with Crippen LogP contribution in [0.3, 0.4) is 0 Å². The molecule has 0 spiro atoms. The molecule has 0 fully saturated rings. The van der Waals surface area contributed by atoms with Gasteiger partial charge in [-0.25, -0.2) is 9.37 Å². The first-order valence-corrected chi connectivity index (χ1v) is 9.90. The maximum absolute atomic E-state index is 14.5. The van der Waals surface area contributed by atoms with Crippen LogP contribution >= 0.6 is 0 Å². The average molecular weight is 405 g/mol. The minimum atomic E-state index is -0.243. The van der Waals surface area contributed by atoms with Gasteiger partial charge in [-0.15, -0.1) is 0 Å². The molecule has 3 aromatic rings. The lowest BCUT2D eigenvalue weighted by atomic mass is 10.0. The van der Waals surface area contributed by atoms with E-state index in [1.807, 2.05) is 42.8 Å². The Morgan fingerprint density at radius 3 is 2.90 bits per heavy atom. The smallest absolute Gasteiger partial charge is 0.208 e. The number of aromatic nitrogens is 3. The van der Waals surface area contributed by atoms with E-state index in [9.17, 15) is 4.39 Å². The number of aryl methyl sites for hydroxylation is 1. The third-order valence-corrected chi connectivity index (χ3v) is 5.18. The molecule has 6 nitrogen and oxygen atoms in total. The molecule has 1 N–H and O–H groups in total. The third kappa shape index (κ3) is 3.58. The summed E-state index contributed by atoms with van der Waals surface area (Å²) in [6.45, 7) is 4.78. The van der Waals surface area contributed by atoms with Crippen LogP contribution < -0.4 is 15.5 Å². The van der Waals surface area contributed by atoms with Crippen LogP contribution in [0.4, 0.5) is 10.3 Å². The quantitative estimate of drug-likeness (QED) is 0.698. The molecule has 0 atom stereocenters. The first kappa shape index (κ1) is 19.8. The Bertz CT molecular complexity index is 1180. The summed E-state index contributed by atoms with van der Waals surface area (Å²) in [6, 6.07) is 7.05. The van der Waals surface area contributed by atoms with Crippen LogP contribution in [0.25, 0.3) is 17.3 Å². The Labute approximate surface area is 174 Å². The van der Waals surface area contributed by atoms with Crippen molar-refractivity contribution in [2.24, 2.45) is 4.99 Å². The van der Waals surface area contributed by atoms with Crippen molar-refractivity contribution in [3.63, 3.8) is 0 Å². The van der Waals surface area contributed by atoms with Crippen LogP contribution in [-0.4, -0.2) is 28.2 Å².